The number of aromatic amines is 1. The molecular weight excluding hydrogens is 259 g/mol. The molecule has 0 fully saturated rings. The van der Waals surface area contributed by atoms with Gasteiger partial charge in [-0.1, -0.05) is 0 Å². The summed E-state index contributed by atoms with van der Waals surface area (Å²) in [6, 6.07) is 5.93. The first kappa shape index (κ1) is 12.6. The van der Waals surface area contributed by atoms with Crippen molar-refractivity contribution in [3.63, 3.8) is 0 Å². The van der Waals surface area contributed by atoms with Gasteiger partial charge in [-0.05, 0) is 38.1 Å². The first-order chi connectivity index (χ1) is 9.56. The van der Waals surface area contributed by atoms with E-state index in [1.165, 1.54) is 18.3 Å². The summed E-state index contributed by atoms with van der Waals surface area (Å²) in [4.78, 5) is 18.9. The molecule has 0 aliphatic rings. The summed E-state index contributed by atoms with van der Waals surface area (Å²) < 4.78 is 19.2. The zero-order valence-electron chi connectivity index (χ0n) is 11.1. The van der Waals surface area contributed by atoms with Gasteiger partial charge < -0.3 is 9.72 Å². The monoisotopic (exact) mass is 272 g/mol. The van der Waals surface area contributed by atoms with E-state index in [4.69, 9.17) is 4.74 Å². The van der Waals surface area contributed by atoms with Gasteiger partial charge in [0.1, 0.15) is 5.82 Å². The maximum absolute atomic E-state index is 13.5. The van der Waals surface area contributed by atoms with Crippen molar-refractivity contribution < 1.29 is 9.13 Å². The molecule has 0 saturated heterocycles. The maximum atomic E-state index is 13.5. The van der Waals surface area contributed by atoms with Gasteiger partial charge in [-0.2, -0.15) is 0 Å². The van der Waals surface area contributed by atoms with Crippen molar-refractivity contribution >= 4 is 21.7 Å². The number of hydrogen-bond donors (Lipinski definition) is 1. The van der Waals surface area contributed by atoms with Gasteiger partial charge in [0, 0.05) is 17.0 Å². The van der Waals surface area contributed by atoms with Gasteiger partial charge in [-0.25, -0.2) is 9.37 Å². The van der Waals surface area contributed by atoms with E-state index in [0.29, 0.717) is 27.6 Å². The average molecular weight is 272 g/mol. The normalized spacial score (nSPS) is 11.4. The van der Waals surface area contributed by atoms with E-state index in [9.17, 15) is 9.18 Å². The average Bonchev–Trinajstić information content (AvgIpc) is 2.37. The van der Waals surface area contributed by atoms with Crippen LogP contribution < -0.4 is 10.3 Å². The number of H-pyrrole nitrogens is 1. The van der Waals surface area contributed by atoms with Gasteiger partial charge in [0.15, 0.2) is 0 Å². The number of nitrogens with one attached hydrogen (secondary N) is 1. The molecule has 2 aromatic heterocycles. The Hall–Kier alpha value is -2.43. The van der Waals surface area contributed by atoms with E-state index in [1.54, 1.807) is 12.1 Å². The largest absolute Gasteiger partial charge is 0.474 e. The first-order valence-electron chi connectivity index (χ1n) is 6.33. The first-order valence-corrected chi connectivity index (χ1v) is 6.33. The van der Waals surface area contributed by atoms with Gasteiger partial charge in [0.25, 0.3) is 5.56 Å². The third-order valence-electron chi connectivity index (χ3n) is 2.99. The van der Waals surface area contributed by atoms with Gasteiger partial charge in [0.2, 0.25) is 5.88 Å². The fourth-order valence-corrected chi connectivity index (χ4v) is 2.21. The summed E-state index contributed by atoms with van der Waals surface area (Å²) in [5.74, 6) is 0.0110. The topological polar surface area (TPSA) is 55.0 Å². The molecule has 0 amide bonds. The van der Waals surface area contributed by atoms with E-state index in [1.807, 2.05) is 13.8 Å². The Morgan fingerprint density at radius 3 is 2.80 bits per heavy atom. The fourth-order valence-electron chi connectivity index (χ4n) is 2.21. The van der Waals surface area contributed by atoms with Crippen molar-refractivity contribution in [3.05, 3.63) is 46.6 Å². The summed E-state index contributed by atoms with van der Waals surface area (Å²) in [6.45, 7) is 3.78. The third kappa shape index (κ3) is 2.01. The fraction of sp³-hybridized carbons (Fsp3) is 0.200. The van der Waals surface area contributed by atoms with Crippen molar-refractivity contribution in [2.45, 2.75) is 20.0 Å². The summed E-state index contributed by atoms with van der Waals surface area (Å²) in [7, 11) is 0. The van der Waals surface area contributed by atoms with Crippen LogP contribution in [0.1, 0.15) is 13.8 Å². The number of halogens is 1. The molecule has 102 valence electrons. The molecule has 0 saturated carbocycles. The van der Waals surface area contributed by atoms with Crippen LogP contribution in [0.5, 0.6) is 5.88 Å². The molecule has 4 nitrogen and oxygen atoms in total. The van der Waals surface area contributed by atoms with Crippen molar-refractivity contribution in [1.29, 1.82) is 0 Å². The second-order valence-electron chi connectivity index (χ2n) is 4.84. The molecule has 0 unspecified atom stereocenters. The highest BCUT2D eigenvalue weighted by Gasteiger charge is 2.13. The lowest BCUT2D eigenvalue weighted by Crippen LogP contribution is -2.10. The molecule has 0 bridgehead atoms. The minimum Gasteiger partial charge on any atom is -0.474 e. The SMILES string of the molecule is CC(C)Oc1nc2cc[nH]c(=O)c2c2cc(F)ccc12. The number of nitrogens with zero attached hydrogens (tertiary/aromatic N) is 1. The van der Waals surface area contributed by atoms with Crippen LogP contribution in [0.3, 0.4) is 0 Å². The lowest BCUT2D eigenvalue weighted by Gasteiger charge is -2.12. The Morgan fingerprint density at radius 1 is 1.25 bits per heavy atom. The molecule has 1 aromatic carbocycles. The van der Waals surface area contributed by atoms with Crippen LogP contribution in [0, 0.1) is 5.82 Å². The Labute approximate surface area is 114 Å². The van der Waals surface area contributed by atoms with Crippen molar-refractivity contribution in [2.75, 3.05) is 0 Å². The van der Waals surface area contributed by atoms with Crippen LogP contribution in [-0.4, -0.2) is 16.1 Å². The minimum atomic E-state index is -0.399. The number of rotatable bonds is 2. The number of aromatic nitrogens is 2. The molecule has 20 heavy (non-hydrogen) atoms. The summed E-state index contributed by atoms with van der Waals surface area (Å²) in [6.07, 6.45) is 1.46. The van der Waals surface area contributed by atoms with Crippen LogP contribution in [-0.2, 0) is 0 Å². The number of fused-ring (bicyclic) bond motifs is 3. The molecule has 0 atom stereocenters. The maximum Gasteiger partial charge on any atom is 0.258 e. The smallest absolute Gasteiger partial charge is 0.258 e. The summed E-state index contributed by atoms with van der Waals surface area (Å²) >= 11 is 0. The highest BCUT2D eigenvalue weighted by atomic mass is 19.1. The Morgan fingerprint density at radius 2 is 2.05 bits per heavy atom. The van der Waals surface area contributed by atoms with Crippen molar-refractivity contribution in [1.82, 2.24) is 9.97 Å². The molecule has 0 radical (unpaired) electrons. The highest BCUT2D eigenvalue weighted by Crippen LogP contribution is 2.29. The van der Waals surface area contributed by atoms with Gasteiger partial charge >= 0.3 is 0 Å². The molecule has 3 aromatic rings. The van der Waals surface area contributed by atoms with Gasteiger partial charge in [0.05, 0.1) is 17.0 Å². The second-order valence-corrected chi connectivity index (χ2v) is 4.84. The molecule has 5 heteroatoms. The van der Waals surface area contributed by atoms with E-state index in [-0.39, 0.29) is 11.7 Å². The number of ether oxygens (including phenoxy) is 1. The number of pyridine rings is 2. The predicted octanol–water partition coefficient (Wildman–Crippen LogP) is 3.00. The predicted molar refractivity (Wildman–Crippen MR) is 75.6 cm³/mol. The zero-order valence-corrected chi connectivity index (χ0v) is 11.1. The second kappa shape index (κ2) is 4.59. The van der Waals surface area contributed by atoms with Crippen LogP contribution >= 0.6 is 0 Å². The van der Waals surface area contributed by atoms with Crippen LogP contribution in [0.2, 0.25) is 0 Å². The molecule has 0 spiro atoms. The van der Waals surface area contributed by atoms with Crippen LogP contribution in [0.4, 0.5) is 4.39 Å². The van der Waals surface area contributed by atoms with E-state index >= 15 is 0 Å². The lowest BCUT2D eigenvalue weighted by atomic mass is 10.1. The zero-order chi connectivity index (χ0) is 14.3. The number of benzene rings is 1. The molecular formula is C15H13FN2O2. The quantitative estimate of drug-likeness (QED) is 0.730. The Kier molecular flexibility index (Phi) is 2.89. The molecule has 2 heterocycles. The highest BCUT2D eigenvalue weighted by molar-refractivity contribution is 6.07. The Balaban J connectivity index is 2.49. The molecule has 1 N–H and O–H groups in total. The standard InChI is InChI=1S/C15H13FN2O2/c1-8(2)20-15-10-4-3-9(16)7-11(10)13-12(18-15)5-6-17-14(13)19/h3-8H,1-2H3,(H,17,19). The molecule has 3 rings (SSSR count). The van der Waals surface area contributed by atoms with Gasteiger partial charge in [-0.3, -0.25) is 4.79 Å². The third-order valence-corrected chi connectivity index (χ3v) is 2.99. The van der Waals surface area contributed by atoms with Crippen LogP contribution in [0.15, 0.2) is 35.3 Å². The van der Waals surface area contributed by atoms with E-state index < -0.39 is 5.82 Å². The van der Waals surface area contributed by atoms with Crippen molar-refractivity contribution in [2.24, 2.45) is 0 Å². The minimum absolute atomic E-state index is 0.0600. The summed E-state index contributed by atoms with van der Waals surface area (Å²) in [5, 5.41) is 1.51. The van der Waals surface area contributed by atoms with E-state index in [0.717, 1.165) is 0 Å². The van der Waals surface area contributed by atoms with Gasteiger partial charge in [-0.15, -0.1) is 0 Å². The van der Waals surface area contributed by atoms with Crippen LogP contribution in [0.25, 0.3) is 21.7 Å². The summed E-state index contributed by atoms with van der Waals surface area (Å²) in [5.41, 5.74) is 0.198. The van der Waals surface area contributed by atoms with E-state index in [2.05, 4.69) is 9.97 Å². The Bertz CT molecular complexity index is 855. The lowest BCUT2D eigenvalue weighted by molar-refractivity contribution is 0.237. The molecule has 0 aliphatic carbocycles. The molecule has 0 aliphatic heterocycles. The number of hydrogen-bond acceptors (Lipinski definition) is 3. The van der Waals surface area contributed by atoms with Crippen molar-refractivity contribution in [3.8, 4) is 5.88 Å².